The van der Waals surface area contributed by atoms with Crippen molar-refractivity contribution in [1.82, 2.24) is 10.3 Å². The van der Waals surface area contributed by atoms with Gasteiger partial charge in [0, 0.05) is 19.3 Å². The second-order valence-corrected chi connectivity index (χ2v) is 5.89. The first-order valence-corrected chi connectivity index (χ1v) is 7.90. The van der Waals surface area contributed by atoms with Gasteiger partial charge in [-0.05, 0) is 37.7 Å². The quantitative estimate of drug-likeness (QED) is 0.842. The van der Waals surface area contributed by atoms with Crippen LogP contribution in [0.25, 0.3) is 0 Å². The van der Waals surface area contributed by atoms with Gasteiger partial charge in [-0.1, -0.05) is 6.92 Å². The Hall–Kier alpha value is -1.62. The van der Waals surface area contributed by atoms with Crippen LogP contribution in [0, 0.1) is 5.92 Å². The number of aromatic nitrogens is 1. The maximum Gasteiger partial charge on any atom is 0.253 e. The Balaban J connectivity index is 1.67. The SMILES string of the molecule is CCCNc1cnccc1C(=O)NC1CCOC1C1CC1. The Labute approximate surface area is 125 Å². The van der Waals surface area contributed by atoms with Crippen molar-refractivity contribution in [2.24, 2.45) is 5.92 Å². The van der Waals surface area contributed by atoms with Crippen molar-refractivity contribution in [2.75, 3.05) is 18.5 Å². The summed E-state index contributed by atoms with van der Waals surface area (Å²) in [5.41, 5.74) is 1.47. The number of carbonyl (C=O) groups is 1. The van der Waals surface area contributed by atoms with Gasteiger partial charge in [0.25, 0.3) is 5.91 Å². The molecule has 5 heteroatoms. The summed E-state index contributed by atoms with van der Waals surface area (Å²) in [6.07, 6.45) is 7.98. The Kier molecular flexibility index (Phi) is 4.39. The molecular formula is C16H23N3O2. The molecule has 21 heavy (non-hydrogen) atoms. The van der Waals surface area contributed by atoms with Gasteiger partial charge in [0.05, 0.1) is 29.6 Å². The number of ether oxygens (including phenoxy) is 1. The highest BCUT2D eigenvalue weighted by Crippen LogP contribution is 2.38. The molecular weight excluding hydrogens is 266 g/mol. The van der Waals surface area contributed by atoms with Gasteiger partial charge in [-0.15, -0.1) is 0 Å². The van der Waals surface area contributed by atoms with Gasteiger partial charge in [-0.25, -0.2) is 0 Å². The zero-order valence-electron chi connectivity index (χ0n) is 12.5. The molecule has 0 radical (unpaired) electrons. The van der Waals surface area contributed by atoms with Crippen LogP contribution >= 0.6 is 0 Å². The minimum Gasteiger partial charge on any atom is -0.383 e. The Morgan fingerprint density at radius 2 is 2.29 bits per heavy atom. The van der Waals surface area contributed by atoms with E-state index in [1.165, 1.54) is 12.8 Å². The molecule has 2 heterocycles. The van der Waals surface area contributed by atoms with Crippen LogP contribution in [-0.2, 0) is 4.74 Å². The first kappa shape index (κ1) is 14.3. The molecule has 2 N–H and O–H groups in total. The van der Waals surface area contributed by atoms with Gasteiger partial charge < -0.3 is 15.4 Å². The first-order valence-electron chi connectivity index (χ1n) is 7.90. The van der Waals surface area contributed by atoms with Crippen molar-refractivity contribution in [1.29, 1.82) is 0 Å². The van der Waals surface area contributed by atoms with E-state index in [0.717, 1.165) is 31.7 Å². The molecule has 5 nitrogen and oxygen atoms in total. The first-order chi connectivity index (χ1) is 10.3. The summed E-state index contributed by atoms with van der Waals surface area (Å²) in [4.78, 5) is 16.6. The molecule has 2 aliphatic rings. The number of rotatable bonds is 6. The number of anilines is 1. The lowest BCUT2D eigenvalue weighted by Crippen LogP contribution is -2.41. The topological polar surface area (TPSA) is 63.2 Å². The van der Waals surface area contributed by atoms with Crippen molar-refractivity contribution in [2.45, 2.75) is 44.8 Å². The van der Waals surface area contributed by atoms with Crippen LogP contribution in [-0.4, -0.2) is 36.2 Å². The van der Waals surface area contributed by atoms with Crippen LogP contribution in [0.2, 0.25) is 0 Å². The highest BCUT2D eigenvalue weighted by atomic mass is 16.5. The van der Waals surface area contributed by atoms with Gasteiger partial charge >= 0.3 is 0 Å². The summed E-state index contributed by atoms with van der Waals surface area (Å²) in [6.45, 7) is 3.69. The van der Waals surface area contributed by atoms with Gasteiger partial charge in [0.2, 0.25) is 0 Å². The van der Waals surface area contributed by atoms with Crippen LogP contribution in [0.4, 0.5) is 5.69 Å². The number of pyridine rings is 1. The number of hydrogen-bond acceptors (Lipinski definition) is 4. The Morgan fingerprint density at radius 1 is 1.43 bits per heavy atom. The fraction of sp³-hybridized carbons (Fsp3) is 0.625. The predicted octanol–water partition coefficient (Wildman–Crippen LogP) is 2.20. The molecule has 2 fully saturated rings. The van der Waals surface area contributed by atoms with E-state index >= 15 is 0 Å². The third-order valence-corrected chi connectivity index (χ3v) is 4.17. The average molecular weight is 289 g/mol. The zero-order valence-corrected chi connectivity index (χ0v) is 12.5. The molecule has 1 aliphatic carbocycles. The molecule has 3 rings (SSSR count). The fourth-order valence-electron chi connectivity index (χ4n) is 2.89. The Morgan fingerprint density at radius 3 is 3.05 bits per heavy atom. The second kappa shape index (κ2) is 6.43. The highest BCUT2D eigenvalue weighted by Gasteiger charge is 2.41. The van der Waals surface area contributed by atoms with Gasteiger partial charge in [-0.2, -0.15) is 0 Å². The van der Waals surface area contributed by atoms with E-state index < -0.39 is 0 Å². The molecule has 1 saturated carbocycles. The van der Waals surface area contributed by atoms with Crippen LogP contribution in [0.15, 0.2) is 18.5 Å². The number of nitrogens with one attached hydrogen (secondary N) is 2. The minimum absolute atomic E-state index is 0.0304. The van der Waals surface area contributed by atoms with E-state index in [-0.39, 0.29) is 18.1 Å². The van der Waals surface area contributed by atoms with Crippen molar-refractivity contribution in [3.8, 4) is 0 Å². The number of amides is 1. The number of carbonyl (C=O) groups excluding carboxylic acids is 1. The van der Waals surface area contributed by atoms with Crippen LogP contribution in [0.1, 0.15) is 43.0 Å². The normalized spacial score (nSPS) is 24.8. The molecule has 1 aromatic heterocycles. The average Bonchev–Trinajstić information content (AvgIpc) is 3.25. The third-order valence-electron chi connectivity index (χ3n) is 4.17. The van der Waals surface area contributed by atoms with E-state index in [9.17, 15) is 4.79 Å². The second-order valence-electron chi connectivity index (χ2n) is 5.89. The molecule has 2 atom stereocenters. The number of hydrogen-bond donors (Lipinski definition) is 2. The van der Waals surface area contributed by atoms with E-state index in [2.05, 4.69) is 22.5 Å². The van der Waals surface area contributed by atoms with Crippen LogP contribution in [0.5, 0.6) is 0 Å². The molecule has 1 aromatic rings. The van der Waals surface area contributed by atoms with Crippen molar-refractivity contribution in [3.63, 3.8) is 0 Å². The fourth-order valence-corrected chi connectivity index (χ4v) is 2.89. The summed E-state index contributed by atoms with van der Waals surface area (Å²) in [5, 5.41) is 6.41. The van der Waals surface area contributed by atoms with Crippen molar-refractivity contribution in [3.05, 3.63) is 24.0 Å². The standard InChI is InChI=1S/C16H23N3O2/c1-2-7-18-14-10-17-8-5-12(14)16(20)19-13-6-9-21-15(13)11-3-4-11/h5,8,10-11,13,15,18H,2-4,6-7,9H2,1H3,(H,19,20). The van der Waals surface area contributed by atoms with E-state index in [4.69, 9.17) is 4.74 Å². The molecule has 1 amide bonds. The van der Waals surface area contributed by atoms with Gasteiger partial charge in [0.15, 0.2) is 0 Å². The lowest BCUT2D eigenvalue weighted by atomic mass is 10.1. The molecule has 1 aliphatic heterocycles. The lowest BCUT2D eigenvalue weighted by Gasteiger charge is -2.20. The van der Waals surface area contributed by atoms with Gasteiger partial charge in [-0.3, -0.25) is 9.78 Å². The Bertz CT molecular complexity index is 502. The van der Waals surface area contributed by atoms with Crippen LogP contribution in [0.3, 0.4) is 0 Å². The monoisotopic (exact) mass is 289 g/mol. The van der Waals surface area contributed by atoms with E-state index in [0.29, 0.717) is 11.5 Å². The summed E-state index contributed by atoms with van der Waals surface area (Å²) < 4.78 is 5.78. The lowest BCUT2D eigenvalue weighted by molar-refractivity contribution is 0.0730. The zero-order chi connectivity index (χ0) is 14.7. The molecule has 1 saturated heterocycles. The number of nitrogens with zero attached hydrogens (tertiary/aromatic N) is 1. The van der Waals surface area contributed by atoms with E-state index in [1.807, 2.05) is 0 Å². The molecule has 0 spiro atoms. The molecule has 0 aromatic carbocycles. The van der Waals surface area contributed by atoms with Crippen LogP contribution < -0.4 is 10.6 Å². The minimum atomic E-state index is -0.0304. The summed E-state index contributed by atoms with van der Waals surface area (Å²) in [7, 11) is 0. The van der Waals surface area contributed by atoms with E-state index in [1.54, 1.807) is 18.5 Å². The molecule has 0 bridgehead atoms. The summed E-state index contributed by atoms with van der Waals surface area (Å²) >= 11 is 0. The summed E-state index contributed by atoms with van der Waals surface area (Å²) in [5.74, 6) is 0.616. The maximum atomic E-state index is 12.5. The van der Waals surface area contributed by atoms with Gasteiger partial charge in [0.1, 0.15) is 0 Å². The smallest absolute Gasteiger partial charge is 0.253 e. The molecule has 114 valence electrons. The van der Waals surface area contributed by atoms with Crippen molar-refractivity contribution >= 4 is 11.6 Å². The van der Waals surface area contributed by atoms with Crippen molar-refractivity contribution < 1.29 is 9.53 Å². The third kappa shape index (κ3) is 3.35. The largest absolute Gasteiger partial charge is 0.383 e. The highest BCUT2D eigenvalue weighted by molar-refractivity contribution is 5.99. The maximum absolute atomic E-state index is 12.5. The summed E-state index contributed by atoms with van der Waals surface area (Å²) in [6, 6.07) is 1.92. The predicted molar refractivity (Wildman–Crippen MR) is 81.4 cm³/mol. The molecule has 2 unspecified atom stereocenters.